The zero-order chi connectivity index (χ0) is 16.2. The summed E-state index contributed by atoms with van der Waals surface area (Å²) in [5.41, 5.74) is 7.46. The molecule has 6 heteroatoms. The minimum absolute atomic E-state index is 0.145. The Hall–Kier alpha value is -3.33. The second-order valence-corrected chi connectivity index (χ2v) is 4.78. The predicted molar refractivity (Wildman–Crippen MR) is 87.3 cm³/mol. The van der Waals surface area contributed by atoms with Gasteiger partial charge in [0.25, 0.3) is 5.56 Å². The fraction of sp³-hybridized carbons (Fsp3) is 0.118. The van der Waals surface area contributed by atoms with E-state index in [2.05, 4.69) is 21.8 Å². The maximum absolute atomic E-state index is 12.2. The van der Waals surface area contributed by atoms with E-state index in [0.717, 1.165) is 0 Å². The molecule has 6 nitrogen and oxygen atoms in total. The van der Waals surface area contributed by atoms with Crippen molar-refractivity contribution in [1.29, 1.82) is 0 Å². The molecule has 2 N–H and O–H groups in total. The smallest absolute Gasteiger partial charge is 0.251 e. The third-order valence-electron chi connectivity index (χ3n) is 3.30. The molecule has 0 saturated heterocycles. The Morgan fingerprint density at radius 2 is 2.26 bits per heavy atom. The van der Waals surface area contributed by atoms with Crippen molar-refractivity contribution < 1.29 is 4.42 Å². The van der Waals surface area contributed by atoms with Gasteiger partial charge >= 0.3 is 0 Å². The molecule has 0 saturated carbocycles. The van der Waals surface area contributed by atoms with Crippen LogP contribution < -0.4 is 11.3 Å². The molecule has 3 rings (SSSR count). The van der Waals surface area contributed by atoms with E-state index in [0.29, 0.717) is 29.1 Å². The van der Waals surface area contributed by atoms with Crippen molar-refractivity contribution in [2.45, 2.75) is 13.5 Å². The first-order valence-electron chi connectivity index (χ1n) is 6.96. The maximum atomic E-state index is 12.2. The predicted octanol–water partition coefficient (Wildman–Crippen LogP) is 2.17. The number of pyridine rings is 1. The molecule has 0 aliphatic rings. The standard InChI is InChI=1S/C17H14N4O2/c1-2-3-7-21-8-6-12(10-15(21)22)13-11-19-17(18)20-16(13)14-5-4-9-23-14/h4-6,8-11H,7H2,1H3,(H2,18,19,20). The van der Waals surface area contributed by atoms with Crippen LogP contribution in [0.15, 0.2) is 52.1 Å². The monoisotopic (exact) mass is 306 g/mol. The number of nitrogens with zero attached hydrogens (tertiary/aromatic N) is 3. The van der Waals surface area contributed by atoms with Gasteiger partial charge in [-0.2, -0.15) is 0 Å². The molecule has 0 atom stereocenters. The molecule has 0 aliphatic carbocycles. The number of hydrogen-bond acceptors (Lipinski definition) is 5. The van der Waals surface area contributed by atoms with Gasteiger partial charge in [-0.1, -0.05) is 5.92 Å². The number of nitrogens with two attached hydrogens (primary N) is 1. The van der Waals surface area contributed by atoms with Crippen LogP contribution in [0.3, 0.4) is 0 Å². The van der Waals surface area contributed by atoms with Gasteiger partial charge < -0.3 is 14.7 Å². The molecule has 0 aromatic carbocycles. The van der Waals surface area contributed by atoms with E-state index < -0.39 is 0 Å². The van der Waals surface area contributed by atoms with Crippen LogP contribution >= 0.6 is 0 Å². The van der Waals surface area contributed by atoms with E-state index in [1.807, 2.05) is 6.07 Å². The van der Waals surface area contributed by atoms with Gasteiger partial charge in [0.1, 0.15) is 5.69 Å². The number of anilines is 1. The lowest BCUT2D eigenvalue weighted by Crippen LogP contribution is -2.18. The minimum atomic E-state index is -0.146. The Morgan fingerprint density at radius 3 is 2.96 bits per heavy atom. The molecule has 0 amide bonds. The zero-order valence-corrected chi connectivity index (χ0v) is 12.5. The summed E-state index contributed by atoms with van der Waals surface area (Å²) in [6.45, 7) is 2.10. The Kier molecular flexibility index (Phi) is 3.93. The van der Waals surface area contributed by atoms with Gasteiger partial charge in [-0.15, -0.1) is 5.92 Å². The summed E-state index contributed by atoms with van der Waals surface area (Å²) >= 11 is 0. The lowest BCUT2D eigenvalue weighted by atomic mass is 10.1. The topological polar surface area (TPSA) is 86.9 Å². The molecule has 114 valence electrons. The molecular formula is C17H14N4O2. The summed E-state index contributed by atoms with van der Waals surface area (Å²) in [5.74, 6) is 6.34. The van der Waals surface area contributed by atoms with Gasteiger partial charge in [0, 0.05) is 24.0 Å². The summed E-state index contributed by atoms with van der Waals surface area (Å²) in [7, 11) is 0. The van der Waals surface area contributed by atoms with Crippen LogP contribution in [-0.4, -0.2) is 14.5 Å². The molecule has 0 spiro atoms. The first-order chi connectivity index (χ1) is 11.2. The lowest BCUT2D eigenvalue weighted by Gasteiger charge is -2.08. The Labute approximate surface area is 132 Å². The molecule has 23 heavy (non-hydrogen) atoms. The Balaban J connectivity index is 2.10. The number of aromatic nitrogens is 3. The van der Waals surface area contributed by atoms with Crippen LogP contribution in [0.1, 0.15) is 6.92 Å². The molecule has 3 aromatic rings. The van der Waals surface area contributed by atoms with Crippen LogP contribution in [0.4, 0.5) is 5.95 Å². The number of furan rings is 1. The van der Waals surface area contributed by atoms with Gasteiger partial charge in [0.2, 0.25) is 5.95 Å². The quantitative estimate of drug-likeness (QED) is 0.749. The van der Waals surface area contributed by atoms with Crippen LogP contribution in [-0.2, 0) is 6.54 Å². The first-order valence-corrected chi connectivity index (χ1v) is 6.96. The number of hydrogen-bond donors (Lipinski definition) is 1. The van der Waals surface area contributed by atoms with Crippen LogP contribution in [0, 0.1) is 11.8 Å². The molecule has 3 heterocycles. The third kappa shape index (κ3) is 2.99. The van der Waals surface area contributed by atoms with Crippen molar-refractivity contribution in [3.05, 3.63) is 53.3 Å². The minimum Gasteiger partial charge on any atom is -0.463 e. The molecule has 3 aromatic heterocycles. The Morgan fingerprint density at radius 1 is 1.39 bits per heavy atom. The van der Waals surface area contributed by atoms with Crippen molar-refractivity contribution in [3.63, 3.8) is 0 Å². The summed E-state index contributed by atoms with van der Waals surface area (Å²) in [4.78, 5) is 20.4. The fourth-order valence-corrected chi connectivity index (χ4v) is 2.18. The zero-order valence-electron chi connectivity index (χ0n) is 12.5. The van der Waals surface area contributed by atoms with E-state index in [4.69, 9.17) is 10.2 Å². The summed E-state index contributed by atoms with van der Waals surface area (Å²) < 4.78 is 6.93. The molecule has 0 unspecified atom stereocenters. The van der Waals surface area contributed by atoms with Crippen molar-refractivity contribution in [2.75, 3.05) is 5.73 Å². The van der Waals surface area contributed by atoms with E-state index >= 15 is 0 Å². The van der Waals surface area contributed by atoms with E-state index in [9.17, 15) is 4.79 Å². The van der Waals surface area contributed by atoms with Gasteiger partial charge in [-0.05, 0) is 30.7 Å². The summed E-state index contributed by atoms with van der Waals surface area (Å²) in [6, 6.07) is 6.89. The van der Waals surface area contributed by atoms with E-state index in [-0.39, 0.29) is 11.5 Å². The van der Waals surface area contributed by atoms with Crippen LogP contribution in [0.5, 0.6) is 0 Å². The Bertz CT molecular complexity index is 947. The highest BCUT2D eigenvalue weighted by molar-refractivity contribution is 5.78. The van der Waals surface area contributed by atoms with E-state index in [1.54, 1.807) is 37.7 Å². The third-order valence-corrected chi connectivity index (χ3v) is 3.30. The van der Waals surface area contributed by atoms with Gasteiger partial charge in [-0.3, -0.25) is 4.79 Å². The fourth-order valence-electron chi connectivity index (χ4n) is 2.18. The van der Waals surface area contributed by atoms with Crippen molar-refractivity contribution >= 4 is 5.95 Å². The maximum Gasteiger partial charge on any atom is 0.251 e. The normalized spacial score (nSPS) is 10.1. The van der Waals surface area contributed by atoms with Crippen molar-refractivity contribution in [2.24, 2.45) is 0 Å². The first kappa shape index (κ1) is 14.6. The van der Waals surface area contributed by atoms with Gasteiger partial charge in [0.05, 0.1) is 12.8 Å². The summed E-state index contributed by atoms with van der Waals surface area (Å²) in [6.07, 6.45) is 4.84. The second-order valence-electron chi connectivity index (χ2n) is 4.78. The molecule has 0 aliphatic heterocycles. The average Bonchev–Trinajstić information content (AvgIpc) is 3.08. The number of nitrogen functional groups attached to an aromatic ring is 1. The molecule has 0 radical (unpaired) electrons. The lowest BCUT2D eigenvalue weighted by molar-refractivity contribution is 0.580. The highest BCUT2D eigenvalue weighted by Crippen LogP contribution is 2.29. The highest BCUT2D eigenvalue weighted by Gasteiger charge is 2.13. The SMILES string of the molecule is CC#CCn1ccc(-c2cnc(N)nc2-c2ccco2)cc1=O. The average molecular weight is 306 g/mol. The molecule has 0 fully saturated rings. The van der Waals surface area contributed by atoms with Crippen LogP contribution in [0.25, 0.3) is 22.6 Å². The second kappa shape index (κ2) is 6.20. The van der Waals surface area contributed by atoms with Crippen LogP contribution in [0.2, 0.25) is 0 Å². The molecular weight excluding hydrogens is 292 g/mol. The van der Waals surface area contributed by atoms with Gasteiger partial charge in [-0.25, -0.2) is 9.97 Å². The van der Waals surface area contributed by atoms with Crippen molar-refractivity contribution in [1.82, 2.24) is 14.5 Å². The largest absolute Gasteiger partial charge is 0.463 e. The summed E-state index contributed by atoms with van der Waals surface area (Å²) in [5, 5.41) is 0. The highest BCUT2D eigenvalue weighted by atomic mass is 16.3. The van der Waals surface area contributed by atoms with E-state index in [1.165, 1.54) is 10.6 Å². The van der Waals surface area contributed by atoms with Crippen molar-refractivity contribution in [3.8, 4) is 34.4 Å². The number of rotatable bonds is 3. The van der Waals surface area contributed by atoms with Gasteiger partial charge in [0.15, 0.2) is 5.76 Å². The molecule has 0 bridgehead atoms.